The first-order valence-electron chi connectivity index (χ1n) is 9.87. The first-order valence-corrected chi connectivity index (χ1v) is 10.6. The lowest BCUT2D eigenvalue weighted by molar-refractivity contribution is 0.0688. The van der Waals surface area contributed by atoms with Crippen molar-refractivity contribution in [2.75, 3.05) is 19.6 Å². The largest absolute Gasteiger partial charge is 0.477 e. The molecule has 0 atom stereocenters. The lowest BCUT2D eigenvalue weighted by Gasteiger charge is -2.32. The molecule has 0 radical (unpaired) electrons. The number of carbonyl (C=O) groups is 1. The molecule has 0 amide bonds. The molecule has 0 unspecified atom stereocenters. The third-order valence-corrected chi connectivity index (χ3v) is 6.10. The highest BCUT2D eigenvalue weighted by Crippen LogP contribution is 2.32. The maximum Gasteiger partial charge on any atom is 0.352 e. The number of fused-ring (bicyclic) bond motifs is 1. The van der Waals surface area contributed by atoms with Gasteiger partial charge in [-0.05, 0) is 92.7 Å². The summed E-state index contributed by atoms with van der Waals surface area (Å²) >= 11 is 12.3. The Labute approximate surface area is 179 Å². The molecule has 1 N–H and O–H groups in total. The van der Waals surface area contributed by atoms with Gasteiger partial charge < -0.3 is 10.0 Å². The number of carboxylic acid groups (broad SMARTS) is 1. The van der Waals surface area contributed by atoms with E-state index in [4.69, 9.17) is 23.2 Å². The monoisotopic (exact) mass is 431 g/mol. The molecule has 1 aliphatic rings. The average molecular weight is 432 g/mol. The number of aromatic nitrogens is 2. The van der Waals surface area contributed by atoms with Crippen molar-refractivity contribution in [2.24, 2.45) is 0 Å². The Morgan fingerprint density at radius 1 is 1.10 bits per heavy atom. The Bertz CT molecular complexity index is 1010. The van der Waals surface area contributed by atoms with Gasteiger partial charge in [-0.3, -0.25) is 4.40 Å². The van der Waals surface area contributed by atoms with Crippen molar-refractivity contribution in [1.82, 2.24) is 14.3 Å². The van der Waals surface area contributed by atoms with Gasteiger partial charge in [0.25, 0.3) is 0 Å². The number of pyridine rings is 1. The van der Waals surface area contributed by atoms with E-state index < -0.39 is 5.97 Å². The third kappa shape index (κ3) is 4.74. The second-order valence-corrected chi connectivity index (χ2v) is 8.50. The molecule has 1 aliphatic heterocycles. The molecule has 1 aromatic carbocycles. The van der Waals surface area contributed by atoms with E-state index in [2.05, 4.69) is 9.88 Å². The number of benzene rings is 1. The second kappa shape index (κ2) is 8.74. The quantitative estimate of drug-likeness (QED) is 0.585. The highest BCUT2D eigenvalue weighted by molar-refractivity contribution is 6.34. The normalized spacial score (nSPS) is 15.8. The molecule has 3 aromatic rings. The van der Waals surface area contributed by atoms with Crippen molar-refractivity contribution in [1.29, 1.82) is 0 Å². The van der Waals surface area contributed by atoms with Crippen LogP contribution in [0.5, 0.6) is 0 Å². The minimum Gasteiger partial charge on any atom is -0.477 e. The molecule has 0 saturated carbocycles. The lowest BCUT2D eigenvalue weighted by Crippen LogP contribution is -2.33. The molecular formula is C22H23Cl2N3O2. The van der Waals surface area contributed by atoms with Crippen LogP contribution in [0.15, 0.2) is 42.7 Å². The zero-order chi connectivity index (χ0) is 20.4. The van der Waals surface area contributed by atoms with Crippen LogP contribution in [0.1, 0.15) is 46.8 Å². The summed E-state index contributed by atoms with van der Waals surface area (Å²) in [6, 6.07) is 9.56. The number of piperidine rings is 1. The van der Waals surface area contributed by atoms with Crippen molar-refractivity contribution in [3.63, 3.8) is 0 Å². The van der Waals surface area contributed by atoms with Crippen LogP contribution in [0.3, 0.4) is 0 Å². The van der Waals surface area contributed by atoms with E-state index in [1.54, 1.807) is 28.9 Å². The van der Waals surface area contributed by atoms with Gasteiger partial charge in [0.05, 0.1) is 0 Å². The van der Waals surface area contributed by atoms with Crippen molar-refractivity contribution in [3.05, 3.63) is 69.6 Å². The molecule has 0 aliphatic carbocycles. The summed E-state index contributed by atoms with van der Waals surface area (Å²) in [6.45, 7) is 3.11. The smallest absolute Gasteiger partial charge is 0.352 e. The van der Waals surface area contributed by atoms with E-state index in [1.807, 2.05) is 18.2 Å². The molecular weight excluding hydrogens is 409 g/mol. The number of aryl methyl sites for hydroxylation is 1. The first kappa shape index (κ1) is 20.2. The Morgan fingerprint density at radius 2 is 1.83 bits per heavy atom. The molecule has 0 spiro atoms. The van der Waals surface area contributed by atoms with Crippen LogP contribution in [0.25, 0.3) is 5.65 Å². The Balaban J connectivity index is 1.31. The van der Waals surface area contributed by atoms with Crippen LogP contribution >= 0.6 is 23.2 Å². The molecule has 152 valence electrons. The average Bonchev–Trinajstić information content (AvgIpc) is 3.15. The van der Waals surface area contributed by atoms with Crippen molar-refractivity contribution in [3.8, 4) is 0 Å². The van der Waals surface area contributed by atoms with Gasteiger partial charge in [0.2, 0.25) is 0 Å². The third-order valence-electron chi connectivity index (χ3n) is 5.67. The van der Waals surface area contributed by atoms with Gasteiger partial charge in [-0.1, -0.05) is 23.2 Å². The summed E-state index contributed by atoms with van der Waals surface area (Å²) in [5.74, 6) is -0.429. The Hall–Kier alpha value is -2.08. The number of carboxylic acids is 1. The molecule has 5 nitrogen and oxygen atoms in total. The number of halogens is 2. The number of hydrogen-bond donors (Lipinski definition) is 1. The minimum absolute atomic E-state index is 0.260. The van der Waals surface area contributed by atoms with Crippen LogP contribution in [0.2, 0.25) is 10.0 Å². The number of imidazole rings is 1. The highest BCUT2D eigenvalue weighted by Gasteiger charge is 2.21. The fraction of sp³-hybridized carbons (Fsp3) is 0.364. The van der Waals surface area contributed by atoms with Crippen LogP contribution in [0.4, 0.5) is 0 Å². The van der Waals surface area contributed by atoms with Gasteiger partial charge in [0.1, 0.15) is 11.3 Å². The van der Waals surface area contributed by atoms with E-state index in [0.29, 0.717) is 21.6 Å². The number of likely N-dealkylation sites (tertiary alicyclic amines) is 1. The second-order valence-electron chi connectivity index (χ2n) is 7.63. The van der Waals surface area contributed by atoms with E-state index in [0.717, 1.165) is 50.9 Å². The Kier molecular flexibility index (Phi) is 6.09. The maximum absolute atomic E-state index is 11.5. The fourth-order valence-electron chi connectivity index (χ4n) is 4.19. The summed E-state index contributed by atoms with van der Waals surface area (Å²) in [6.07, 6.45) is 7.33. The molecule has 2 aromatic heterocycles. The Morgan fingerprint density at radius 3 is 2.52 bits per heavy atom. The minimum atomic E-state index is -0.932. The summed E-state index contributed by atoms with van der Waals surface area (Å²) < 4.78 is 1.61. The molecule has 3 heterocycles. The zero-order valence-corrected chi connectivity index (χ0v) is 17.5. The molecule has 0 bridgehead atoms. The van der Waals surface area contributed by atoms with Gasteiger partial charge in [-0.15, -0.1) is 0 Å². The highest BCUT2D eigenvalue weighted by atomic mass is 35.5. The van der Waals surface area contributed by atoms with Gasteiger partial charge in [-0.2, -0.15) is 0 Å². The van der Waals surface area contributed by atoms with Crippen molar-refractivity contribution < 1.29 is 9.90 Å². The van der Waals surface area contributed by atoms with Gasteiger partial charge in [0, 0.05) is 22.4 Å². The topological polar surface area (TPSA) is 57.8 Å². The van der Waals surface area contributed by atoms with Gasteiger partial charge >= 0.3 is 5.97 Å². The fourth-order valence-corrected chi connectivity index (χ4v) is 4.74. The van der Waals surface area contributed by atoms with Crippen molar-refractivity contribution in [2.45, 2.75) is 31.6 Å². The van der Waals surface area contributed by atoms with Crippen LogP contribution < -0.4 is 0 Å². The molecule has 1 saturated heterocycles. The van der Waals surface area contributed by atoms with E-state index in [1.165, 1.54) is 5.56 Å². The lowest BCUT2D eigenvalue weighted by atomic mass is 9.89. The summed E-state index contributed by atoms with van der Waals surface area (Å²) in [7, 11) is 0. The number of rotatable bonds is 6. The summed E-state index contributed by atoms with van der Waals surface area (Å²) in [4.78, 5) is 18.2. The molecule has 7 heteroatoms. The summed E-state index contributed by atoms with van der Waals surface area (Å²) in [5, 5.41) is 10.8. The predicted molar refractivity (Wildman–Crippen MR) is 115 cm³/mol. The van der Waals surface area contributed by atoms with Crippen LogP contribution in [0, 0.1) is 0 Å². The number of hydrogen-bond acceptors (Lipinski definition) is 3. The van der Waals surface area contributed by atoms with Crippen LogP contribution in [-0.4, -0.2) is 45.0 Å². The van der Waals surface area contributed by atoms with Gasteiger partial charge in [-0.25, -0.2) is 9.78 Å². The predicted octanol–water partition coefficient (Wildman–Crippen LogP) is 5.15. The molecule has 4 rings (SSSR count). The van der Waals surface area contributed by atoms with E-state index in [-0.39, 0.29) is 5.69 Å². The number of nitrogens with zero attached hydrogens (tertiary/aromatic N) is 3. The summed E-state index contributed by atoms with van der Waals surface area (Å²) in [5.41, 5.74) is 3.19. The maximum atomic E-state index is 11.5. The number of aromatic carboxylic acids is 1. The van der Waals surface area contributed by atoms with E-state index >= 15 is 0 Å². The first-order chi connectivity index (χ1) is 14.0. The van der Waals surface area contributed by atoms with E-state index in [9.17, 15) is 9.90 Å². The molecule has 1 fully saturated rings. The van der Waals surface area contributed by atoms with Crippen LogP contribution in [-0.2, 0) is 6.42 Å². The SMILES string of the molecule is O=C(O)c1cc(CCCN2CCC(c3cc(Cl)cc(Cl)c3)CC2)cc2nccn12. The van der Waals surface area contributed by atoms with Gasteiger partial charge in [0.15, 0.2) is 0 Å². The van der Waals surface area contributed by atoms with Crippen molar-refractivity contribution >= 4 is 34.8 Å². The molecule has 29 heavy (non-hydrogen) atoms. The zero-order valence-electron chi connectivity index (χ0n) is 16.0. The standard InChI is InChI=1S/C22H23Cl2N3O2/c23-18-12-17(13-19(24)14-18)16-3-7-26(8-4-16)6-1-2-15-10-20(22(28)29)27-9-5-25-21(27)11-15/h5,9-14,16H,1-4,6-8H2,(H,28,29).